The molecule has 92 valence electrons. The molecule has 0 aromatic carbocycles. The third-order valence-corrected chi connectivity index (χ3v) is 2.81. The van der Waals surface area contributed by atoms with Crippen LogP contribution in [0.2, 0.25) is 0 Å². The molecule has 0 spiro atoms. The molecule has 0 unspecified atom stereocenters. The summed E-state index contributed by atoms with van der Waals surface area (Å²) in [6.45, 7) is 3.87. The van der Waals surface area contributed by atoms with Gasteiger partial charge in [0, 0.05) is 39.1 Å². The molecule has 0 N–H and O–H groups in total. The Morgan fingerprint density at radius 2 is 2.06 bits per heavy atom. The van der Waals surface area contributed by atoms with Gasteiger partial charge in [-0.05, 0) is 6.92 Å². The van der Waals surface area contributed by atoms with E-state index in [9.17, 15) is 4.79 Å². The molecule has 0 radical (unpaired) electrons. The number of Topliss-reactive ketones (excluding diaryl/α,β-unsaturated/α-hetero) is 1. The molecule has 1 saturated heterocycles. The van der Waals surface area contributed by atoms with Crippen molar-refractivity contribution in [2.75, 3.05) is 25.1 Å². The topological polar surface area (TPSA) is 55.3 Å². The van der Waals surface area contributed by atoms with Crippen LogP contribution in [0.25, 0.3) is 0 Å². The Labute approximate surface area is 101 Å². The minimum absolute atomic E-state index is 0.337. The maximum Gasteiger partial charge on any atom is 0.136 e. The lowest BCUT2D eigenvalue weighted by Crippen LogP contribution is -2.34. The van der Waals surface area contributed by atoms with Gasteiger partial charge in [-0.15, -0.1) is 0 Å². The lowest BCUT2D eigenvalue weighted by Gasteiger charge is -2.27. The summed E-state index contributed by atoms with van der Waals surface area (Å²) < 4.78 is 5.08. The van der Waals surface area contributed by atoms with Crippen molar-refractivity contribution in [1.82, 2.24) is 9.97 Å². The molecule has 17 heavy (non-hydrogen) atoms. The summed E-state index contributed by atoms with van der Waals surface area (Å²) in [4.78, 5) is 22.0. The van der Waals surface area contributed by atoms with Crippen molar-refractivity contribution in [1.29, 1.82) is 0 Å². The normalized spacial score (nSPS) is 16.4. The van der Waals surface area contributed by atoms with Gasteiger partial charge in [0.15, 0.2) is 0 Å². The van der Waals surface area contributed by atoms with Crippen LogP contribution in [0, 0.1) is 6.92 Å². The van der Waals surface area contributed by atoms with E-state index in [1.807, 2.05) is 13.0 Å². The first-order valence-electron chi connectivity index (χ1n) is 5.79. The Bertz CT molecular complexity index is 410. The van der Waals surface area contributed by atoms with Gasteiger partial charge in [0.05, 0.1) is 12.3 Å². The van der Waals surface area contributed by atoms with Crippen LogP contribution in [0.5, 0.6) is 0 Å². The molecule has 5 nitrogen and oxygen atoms in total. The highest BCUT2D eigenvalue weighted by molar-refractivity contribution is 5.80. The molecule has 1 aromatic heterocycles. The number of ether oxygens (including phenoxy) is 1. The van der Waals surface area contributed by atoms with Gasteiger partial charge < -0.3 is 9.64 Å². The number of aryl methyl sites for hydroxylation is 1. The SMILES string of the molecule is COCc1cc(N2CCC(=O)CC2)nc(C)n1. The Hall–Kier alpha value is -1.49. The number of nitrogens with zero attached hydrogens (tertiary/aromatic N) is 3. The van der Waals surface area contributed by atoms with E-state index >= 15 is 0 Å². The van der Waals surface area contributed by atoms with E-state index in [2.05, 4.69) is 14.9 Å². The molecule has 1 aromatic rings. The zero-order chi connectivity index (χ0) is 12.3. The first-order valence-corrected chi connectivity index (χ1v) is 5.79. The number of piperidine rings is 1. The molecule has 0 atom stereocenters. The number of hydrogen-bond donors (Lipinski definition) is 0. The van der Waals surface area contributed by atoms with Gasteiger partial charge in [-0.1, -0.05) is 0 Å². The molecular formula is C12H17N3O2. The van der Waals surface area contributed by atoms with Crippen LogP contribution >= 0.6 is 0 Å². The summed E-state index contributed by atoms with van der Waals surface area (Å²) >= 11 is 0. The van der Waals surface area contributed by atoms with E-state index < -0.39 is 0 Å². The number of methoxy groups -OCH3 is 1. The highest BCUT2D eigenvalue weighted by Crippen LogP contribution is 2.17. The largest absolute Gasteiger partial charge is 0.378 e. The molecule has 1 aliphatic rings. The summed E-state index contributed by atoms with van der Waals surface area (Å²) in [6.07, 6.45) is 1.23. The number of carbonyl (C=O) groups excluding carboxylic acids is 1. The highest BCUT2D eigenvalue weighted by atomic mass is 16.5. The minimum atomic E-state index is 0.337. The van der Waals surface area contributed by atoms with Gasteiger partial charge >= 0.3 is 0 Å². The minimum Gasteiger partial charge on any atom is -0.378 e. The first kappa shape index (κ1) is 12.0. The number of anilines is 1. The Morgan fingerprint density at radius 1 is 1.35 bits per heavy atom. The molecule has 0 aliphatic carbocycles. The second-order valence-electron chi connectivity index (χ2n) is 4.22. The number of rotatable bonds is 3. The fourth-order valence-corrected chi connectivity index (χ4v) is 1.98. The van der Waals surface area contributed by atoms with Crippen LogP contribution in [0.4, 0.5) is 5.82 Å². The van der Waals surface area contributed by atoms with E-state index in [0.717, 1.165) is 30.4 Å². The maximum absolute atomic E-state index is 11.2. The quantitative estimate of drug-likeness (QED) is 0.785. The van der Waals surface area contributed by atoms with Crippen molar-refractivity contribution >= 4 is 11.6 Å². The van der Waals surface area contributed by atoms with Crippen molar-refractivity contribution in [3.8, 4) is 0 Å². The summed E-state index contributed by atoms with van der Waals surface area (Å²) in [6, 6.07) is 1.94. The zero-order valence-corrected chi connectivity index (χ0v) is 10.3. The molecule has 1 aliphatic heterocycles. The van der Waals surface area contributed by atoms with Crippen LogP contribution in [0.15, 0.2) is 6.07 Å². The number of hydrogen-bond acceptors (Lipinski definition) is 5. The van der Waals surface area contributed by atoms with Crippen molar-refractivity contribution in [2.24, 2.45) is 0 Å². The van der Waals surface area contributed by atoms with Crippen molar-refractivity contribution < 1.29 is 9.53 Å². The van der Waals surface area contributed by atoms with Crippen molar-refractivity contribution in [2.45, 2.75) is 26.4 Å². The van der Waals surface area contributed by atoms with Gasteiger partial charge in [0.25, 0.3) is 0 Å². The zero-order valence-electron chi connectivity index (χ0n) is 10.3. The molecule has 1 fully saturated rings. The molecular weight excluding hydrogens is 218 g/mol. The monoisotopic (exact) mass is 235 g/mol. The third-order valence-electron chi connectivity index (χ3n) is 2.81. The van der Waals surface area contributed by atoms with Crippen LogP contribution in [-0.2, 0) is 16.1 Å². The van der Waals surface area contributed by atoms with Crippen LogP contribution in [0.1, 0.15) is 24.4 Å². The molecule has 2 rings (SSSR count). The lowest BCUT2D eigenvalue weighted by atomic mass is 10.1. The van der Waals surface area contributed by atoms with Crippen LogP contribution in [-0.4, -0.2) is 36.0 Å². The predicted octanol–water partition coefficient (Wildman–Crippen LogP) is 1.10. The van der Waals surface area contributed by atoms with Gasteiger partial charge in [0.1, 0.15) is 17.4 Å². The fraction of sp³-hybridized carbons (Fsp3) is 0.583. The number of carbonyl (C=O) groups is 1. The lowest BCUT2D eigenvalue weighted by molar-refractivity contribution is -0.119. The Morgan fingerprint density at radius 3 is 2.71 bits per heavy atom. The van der Waals surface area contributed by atoms with E-state index in [1.54, 1.807) is 7.11 Å². The van der Waals surface area contributed by atoms with Gasteiger partial charge in [0.2, 0.25) is 0 Å². The predicted molar refractivity (Wildman–Crippen MR) is 63.9 cm³/mol. The molecule has 0 amide bonds. The second kappa shape index (κ2) is 5.23. The Balaban J connectivity index is 2.16. The highest BCUT2D eigenvalue weighted by Gasteiger charge is 2.18. The summed E-state index contributed by atoms with van der Waals surface area (Å²) in [5.74, 6) is 1.98. The first-order chi connectivity index (χ1) is 8.19. The number of aromatic nitrogens is 2. The average Bonchev–Trinajstić information content (AvgIpc) is 2.29. The Kier molecular flexibility index (Phi) is 3.68. The number of ketones is 1. The smallest absolute Gasteiger partial charge is 0.136 e. The van der Waals surface area contributed by atoms with Crippen molar-refractivity contribution in [3.05, 3.63) is 17.6 Å². The summed E-state index contributed by atoms with van der Waals surface area (Å²) in [7, 11) is 1.65. The van der Waals surface area contributed by atoms with E-state index in [-0.39, 0.29) is 0 Å². The molecule has 0 bridgehead atoms. The maximum atomic E-state index is 11.2. The molecule has 5 heteroatoms. The standard InChI is InChI=1S/C12H17N3O2/c1-9-13-10(8-17-2)7-12(14-9)15-5-3-11(16)4-6-15/h7H,3-6,8H2,1-2H3. The van der Waals surface area contributed by atoms with Gasteiger partial charge in [-0.3, -0.25) is 4.79 Å². The molecule has 2 heterocycles. The van der Waals surface area contributed by atoms with E-state index in [1.165, 1.54) is 0 Å². The van der Waals surface area contributed by atoms with Crippen molar-refractivity contribution in [3.63, 3.8) is 0 Å². The summed E-state index contributed by atoms with van der Waals surface area (Å²) in [5, 5.41) is 0. The van der Waals surface area contributed by atoms with Crippen LogP contribution in [0.3, 0.4) is 0 Å². The van der Waals surface area contributed by atoms with Crippen LogP contribution < -0.4 is 4.90 Å². The molecule has 0 saturated carbocycles. The van der Waals surface area contributed by atoms with Gasteiger partial charge in [-0.25, -0.2) is 9.97 Å². The van der Waals surface area contributed by atoms with Gasteiger partial charge in [-0.2, -0.15) is 0 Å². The average molecular weight is 235 g/mol. The third kappa shape index (κ3) is 3.00. The van der Waals surface area contributed by atoms with E-state index in [0.29, 0.717) is 25.2 Å². The van der Waals surface area contributed by atoms with E-state index in [4.69, 9.17) is 4.74 Å². The fourth-order valence-electron chi connectivity index (χ4n) is 1.98. The summed E-state index contributed by atoms with van der Waals surface area (Å²) in [5.41, 5.74) is 0.881. The second-order valence-corrected chi connectivity index (χ2v) is 4.22.